The van der Waals surface area contributed by atoms with E-state index < -0.39 is 0 Å². The number of rotatable bonds is 2. The molecule has 0 atom stereocenters. The molecule has 0 aliphatic heterocycles. The molecule has 3 heterocycles. The van der Waals surface area contributed by atoms with Gasteiger partial charge in [0, 0.05) is 22.1 Å². The molecule has 0 unspecified atom stereocenters. The van der Waals surface area contributed by atoms with Crippen LogP contribution in [0.15, 0.2) is 23.1 Å². The summed E-state index contributed by atoms with van der Waals surface area (Å²) >= 11 is 9.65. The Morgan fingerprint density at radius 3 is 2.86 bits per heavy atom. The monoisotopic (exact) mass is 382 g/mol. The van der Waals surface area contributed by atoms with Crippen molar-refractivity contribution >= 4 is 44.5 Å². The van der Waals surface area contributed by atoms with Crippen LogP contribution in [-0.4, -0.2) is 19.7 Å². The largest absolute Gasteiger partial charge is 0.368 e. The molecule has 0 aromatic carbocycles. The highest BCUT2D eigenvalue weighted by Gasteiger charge is 2.21. The van der Waals surface area contributed by atoms with Crippen LogP contribution in [0.2, 0.25) is 5.02 Å². The number of nitrogens with two attached hydrogens (primary N) is 1. The quantitative estimate of drug-likeness (QED) is 0.405. The fraction of sp³-hybridized carbons (Fsp3) is 0.214. The van der Waals surface area contributed by atoms with Gasteiger partial charge in [0.2, 0.25) is 12.1 Å². The van der Waals surface area contributed by atoms with Crippen molar-refractivity contribution in [3.63, 3.8) is 0 Å². The van der Waals surface area contributed by atoms with Gasteiger partial charge in [0.05, 0.1) is 10.4 Å². The van der Waals surface area contributed by atoms with Crippen LogP contribution in [0.1, 0.15) is 16.8 Å². The van der Waals surface area contributed by atoms with Gasteiger partial charge >= 0.3 is 0 Å². The molecular formula is C14H14BrClN5O+. The molecule has 114 valence electrons. The molecule has 0 amide bonds. The normalized spacial score (nSPS) is 11.3. The molecule has 3 N–H and O–H groups in total. The number of nitrogens with zero attached hydrogens (tertiary/aromatic N) is 4. The van der Waals surface area contributed by atoms with E-state index in [-0.39, 0.29) is 5.95 Å². The number of aryl methyl sites for hydroxylation is 1. The standard InChI is InChI=1S/C14H14BrClN5O/c1-7-5-21(22)10(8(2)11(7)16)6-20-4-3-9-12(15)18-14(17)19-13(9)20/h3-5,22H,6H2,1-2H3,(H2,17,18,19)/q+1. The molecule has 0 aliphatic carbocycles. The van der Waals surface area contributed by atoms with E-state index in [0.717, 1.165) is 21.2 Å². The van der Waals surface area contributed by atoms with E-state index in [9.17, 15) is 5.21 Å². The third-order valence-corrected chi connectivity index (χ3v) is 4.80. The maximum Gasteiger partial charge on any atom is 0.258 e. The van der Waals surface area contributed by atoms with Crippen molar-refractivity contribution in [2.24, 2.45) is 0 Å². The molecule has 22 heavy (non-hydrogen) atoms. The van der Waals surface area contributed by atoms with E-state index in [2.05, 4.69) is 25.9 Å². The Morgan fingerprint density at radius 2 is 2.14 bits per heavy atom. The van der Waals surface area contributed by atoms with Crippen LogP contribution >= 0.6 is 27.5 Å². The van der Waals surface area contributed by atoms with Gasteiger partial charge in [0.15, 0.2) is 0 Å². The molecular weight excluding hydrogens is 370 g/mol. The van der Waals surface area contributed by atoms with Crippen molar-refractivity contribution < 1.29 is 9.94 Å². The molecule has 0 aliphatic rings. The number of hydrogen-bond acceptors (Lipinski definition) is 4. The summed E-state index contributed by atoms with van der Waals surface area (Å²) in [6.07, 6.45) is 3.46. The lowest BCUT2D eigenvalue weighted by Gasteiger charge is -2.07. The van der Waals surface area contributed by atoms with Crippen LogP contribution < -0.4 is 10.5 Å². The zero-order chi connectivity index (χ0) is 16.0. The fourth-order valence-electron chi connectivity index (χ4n) is 2.44. The predicted molar refractivity (Wildman–Crippen MR) is 87.0 cm³/mol. The number of fused-ring (bicyclic) bond motifs is 1. The summed E-state index contributed by atoms with van der Waals surface area (Å²) in [7, 11) is 0. The number of halogens is 2. The Bertz CT molecular complexity index is 893. The number of anilines is 1. The summed E-state index contributed by atoms with van der Waals surface area (Å²) < 4.78 is 3.63. The highest BCUT2D eigenvalue weighted by molar-refractivity contribution is 9.10. The summed E-state index contributed by atoms with van der Waals surface area (Å²) in [6, 6.07) is 1.89. The number of pyridine rings is 1. The molecule has 3 aromatic heterocycles. The molecule has 0 saturated heterocycles. The maximum atomic E-state index is 10.2. The summed E-state index contributed by atoms with van der Waals surface area (Å²) in [5.41, 5.74) is 8.72. The van der Waals surface area contributed by atoms with Gasteiger partial charge in [0.25, 0.3) is 5.69 Å². The lowest BCUT2D eigenvalue weighted by molar-refractivity contribution is -0.910. The van der Waals surface area contributed by atoms with Gasteiger partial charge in [-0.25, -0.2) is 4.98 Å². The highest BCUT2D eigenvalue weighted by Crippen LogP contribution is 2.25. The third-order valence-electron chi connectivity index (χ3n) is 3.61. The Hall–Kier alpha value is -1.86. The zero-order valence-electron chi connectivity index (χ0n) is 12.0. The van der Waals surface area contributed by atoms with Crippen LogP contribution in [0.4, 0.5) is 5.95 Å². The van der Waals surface area contributed by atoms with Gasteiger partial charge in [-0.1, -0.05) is 11.6 Å². The number of nitrogen functional groups attached to an aromatic ring is 1. The summed E-state index contributed by atoms with van der Waals surface area (Å²) in [5, 5.41) is 11.7. The van der Waals surface area contributed by atoms with Crippen molar-refractivity contribution in [3.8, 4) is 0 Å². The average Bonchev–Trinajstić information content (AvgIpc) is 2.84. The van der Waals surface area contributed by atoms with E-state index >= 15 is 0 Å². The Balaban J connectivity index is 2.14. The van der Waals surface area contributed by atoms with Crippen LogP contribution in [0.5, 0.6) is 0 Å². The molecule has 3 aromatic rings. The molecule has 3 rings (SSSR count). The molecule has 0 fully saturated rings. The van der Waals surface area contributed by atoms with Crippen molar-refractivity contribution in [2.75, 3.05) is 5.73 Å². The molecule has 0 spiro atoms. The molecule has 0 bridgehead atoms. The van der Waals surface area contributed by atoms with Gasteiger partial charge in [-0.15, -0.1) is 0 Å². The number of hydrogen-bond donors (Lipinski definition) is 2. The number of aromatic nitrogens is 4. The fourth-order valence-corrected chi connectivity index (χ4v) is 3.09. The van der Waals surface area contributed by atoms with Gasteiger partial charge in [-0.2, -0.15) is 4.98 Å². The van der Waals surface area contributed by atoms with Crippen molar-refractivity contribution in [3.05, 3.63) is 44.9 Å². The van der Waals surface area contributed by atoms with Crippen LogP contribution in [-0.2, 0) is 6.54 Å². The first-order valence-corrected chi connectivity index (χ1v) is 7.73. The molecule has 0 radical (unpaired) electrons. The van der Waals surface area contributed by atoms with Crippen LogP contribution in [0.25, 0.3) is 11.0 Å². The summed E-state index contributed by atoms with van der Waals surface area (Å²) in [5.74, 6) is 0.190. The molecule has 6 nitrogen and oxygen atoms in total. The lowest BCUT2D eigenvalue weighted by Crippen LogP contribution is -2.37. The molecule has 0 saturated carbocycles. The van der Waals surface area contributed by atoms with E-state index in [1.165, 1.54) is 0 Å². The third kappa shape index (κ3) is 2.40. The summed E-state index contributed by atoms with van der Waals surface area (Å²) in [6.45, 7) is 4.14. The minimum absolute atomic E-state index is 0.190. The Labute approximate surface area is 140 Å². The van der Waals surface area contributed by atoms with Gasteiger partial charge in [-0.3, -0.25) is 5.21 Å². The Morgan fingerprint density at radius 1 is 1.41 bits per heavy atom. The first-order chi connectivity index (χ1) is 10.4. The second kappa shape index (κ2) is 5.40. The Kier molecular flexibility index (Phi) is 3.70. The highest BCUT2D eigenvalue weighted by atomic mass is 79.9. The van der Waals surface area contributed by atoms with E-state index in [0.29, 0.717) is 27.5 Å². The van der Waals surface area contributed by atoms with E-state index in [1.807, 2.05) is 30.7 Å². The second-order valence-corrected chi connectivity index (χ2v) is 6.22. The minimum atomic E-state index is 0.190. The first kappa shape index (κ1) is 15.1. The SMILES string of the molecule is Cc1c[n+](O)c(Cn2ccc3c(Br)nc(N)nc32)c(C)c1Cl. The van der Waals surface area contributed by atoms with E-state index in [4.69, 9.17) is 17.3 Å². The van der Waals surface area contributed by atoms with E-state index in [1.54, 1.807) is 6.20 Å². The maximum absolute atomic E-state index is 10.2. The van der Waals surface area contributed by atoms with Crippen molar-refractivity contribution in [2.45, 2.75) is 20.4 Å². The molecule has 8 heteroatoms. The van der Waals surface area contributed by atoms with Crippen LogP contribution in [0.3, 0.4) is 0 Å². The van der Waals surface area contributed by atoms with Gasteiger partial charge in [0.1, 0.15) is 16.8 Å². The topological polar surface area (TPSA) is 80.8 Å². The van der Waals surface area contributed by atoms with Crippen LogP contribution in [0, 0.1) is 13.8 Å². The van der Waals surface area contributed by atoms with Gasteiger partial charge < -0.3 is 10.3 Å². The van der Waals surface area contributed by atoms with Crippen molar-refractivity contribution in [1.82, 2.24) is 14.5 Å². The smallest absolute Gasteiger partial charge is 0.258 e. The summed E-state index contributed by atoms with van der Waals surface area (Å²) in [4.78, 5) is 8.34. The zero-order valence-corrected chi connectivity index (χ0v) is 14.4. The van der Waals surface area contributed by atoms with Gasteiger partial charge in [-0.05, 0) is 35.8 Å². The lowest BCUT2D eigenvalue weighted by atomic mass is 10.1. The minimum Gasteiger partial charge on any atom is -0.368 e. The van der Waals surface area contributed by atoms with Crippen molar-refractivity contribution in [1.29, 1.82) is 0 Å². The second-order valence-electron chi connectivity index (χ2n) is 5.10. The first-order valence-electron chi connectivity index (χ1n) is 6.56. The average molecular weight is 384 g/mol. The predicted octanol–water partition coefficient (Wildman–Crippen LogP) is 2.62.